The van der Waals surface area contributed by atoms with Crippen LogP contribution in [0, 0.1) is 5.92 Å². The summed E-state index contributed by atoms with van der Waals surface area (Å²) in [6.07, 6.45) is 7.29. The van der Waals surface area contributed by atoms with Gasteiger partial charge in [0.05, 0.1) is 5.69 Å². The number of hydrogen-bond donors (Lipinski definition) is 2. The molecule has 0 radical (unpaired) electrons. The summed E-state index contributed by atoms with van der Waals surface area (Å²) >= 11 is 1.64. The predicted molar refractivity (Wildman–Crippen MR) is 72.7 cm³/mol. The second-order valence-electron chi connectivity index (χ2n) is 5.36. The second kappa shape index (κ2) is 4.97. The van der Waals surface area contributed by atoms with Crippen LogP contribution in [-0.2, 0) is 17.6 Å². The highest BCUT2D eigenvalue weighted by atomic mass is 32.1. The Balaban J connectivity index is 1.63. The molecular weight excluding hydrogens is 246 g/mol. The zero-order valence-corrected chi connectivity index (χ0v) is 11.3. The predicted octanol–water partition coefficient (Wildman–Crippen LogP) is 2.09. The number of hydrogen-bond acceptors (Lipinski definition) is 4. The van der Waals surface area contributed by atoms with Gasteiger partial charge in [-0.15, -0.1) is 11.3 Å². The SMILES string of the molecule is NC1CCCC(C(=O)Nc2nc3c(s2)CCC3)C1. The van der Waals surface area contributed by atoms with Crippen LogP contribution in [0.2, 0.25) is 0 Å². The summed E-state index contributed by atoms with van der Waals surface area (Å²) in [4.78, 5) is 18.0. The quantitative estimate of drug-likeness (QED) is 0.860. The number of carbonyl (C=O) groups is 1. The molecule has 18 heavy (non-hydrogen) atoms. The lowest BCUT2D eigenvalue weighted by Gasteiger charge is -2.25. The monoisotopic (exact) mass is 265 g/mol. The number of carbonyl (C=O) groups excluding carboxylic acids is 1. The smallest absolute Gasteiger partial charge is 0.229 e. The van der Waals surface area contributed by atoms with Crippen LogP contribution in [0.15, 0.2) is 0 Å². The zero-order chi connectivity index (χ0) is 12.5. The van der Waals surface area contributed by atoms with Crippen molar-refractivity contribution in [1.29, 1.82) is 0 Å². The molecule has 2 atom stereocenters. The van der Waals surface area contributed by atoms with Gasteiger partial charge in [0, 0.05) is 16.8 Å². The molecular formula is C13H19N3OS. The minimum Gasteiger partial charge on any atom is -0.328 e. The molecule has 1 heterocycles. The van der Waals surface area contributed by atoms with Crippen LogP contribution in [0.25, 0.3) is 0 Å². The highest BCUT2D eigenvalue weighted by molar-refractivity contribution is 7.15. The molecule has 2 aliphatic carbocycles. The molecule has 98 valence electrons. The Morgan fingerprint density at radius 1 is 1.33 bits per heavy atom. The fraction of sp³-hybridized carbons (Fsp3) is 0.692. The van der Waals surface area contributed by atoms with Crippen molar-refractivity contribution in [3.8, 4) is 0 Å². The lowest BCUT2D eigenvalue weighted by Crippen LogP contribution is -2.34. The van der Waals surface area contributed by atoms with Crippen molar-refractivity contribution >= 4 is 22.4 Å². The molecule has 0 bridgehead atoms. The summed E-state index contributed by atoms with van der Waals surface area (Å²) in [5.74, 6) is 0.185. The highest BCUT2D eigenvalue weighted by Crippen LogP contribution is 2.31. The Morgan fingerprint density at radius 2 is 2.22 bits per heavy atom. The molecule has 3 rings (SSSR count). The molecule has 4 nitrogen and oxygen atoms in total. The van der Waals surface area contributed by atoms with Crippen molar-refractivity contribution in [1.82, 2.24) is 4.98 Å². The number of thiazole rings is 1. The van der Waals surface area contributed by atoms with E-state index in [0.717, 1.165) is 43.7 Å². The van der Waals surface area contributed by atoms with Gasteiger partial charge in [0.15, 0.2) is 5.13 Å². The largest absolute Gasteiger partial charge is 0.328 e. The average Bonchev–Trinajstić information content (AvgIpc) is 2.89. The molecule has 1 aromatic heterocycles. The van der Waals surface area contributed by atoms with Gasteiger partial charge in [0.2, 0.25) is 5.91 Å². The van der Waals surface area contributed by atoms with Gasteiger partial charge in [0.25, 0.3) is 0 Å². The number of rotatable bonds is 2. The van der Waals surface area contributed by atoms with E-state index in [2.05, 4.69) is 10.3 Å². The van der Waals surface area contributed by atoms with Crippen LogP contribution < -0.4 is 11.1 Å². The first kappa shape index (κ1) is 12.1. The average molecular weight is 265 g/mol. The molecule has 2 unspecified atom stereocenters. The van der Waals surface area contributed by atoms with E-state index in [0.29, 0.717) is 0 Å². The third-order valence-electron chi connectivity index (χ3n) is 3.91. The van der Waals surface area contributed by atoms with Crippen molar-refractivity contribution in [2.75, 3.05) is 5.32 Å². The minimum absolute atomic E-state index is 0.0764. The van der Waals surface area contributed by atoms with Gasteiger partial charge >= 0.3 is 0 Å². The van der Waals surface area contributed by atoms with E-state index >= 15 is 0 Å². The number of nitrogens with zero attached hydrogens (tertiary/aromatic N) is 1. The van der Waals surface area contributed by atoms with Gasteiger partial charge < -0.3 is 11.1 Å². The Labute approximate surface area is 111 Å². The summed E-state index contributed by atoms with van der Waals surface area (Å²) in [5, 5.41) is 3.76. The number of nitrogens with two attached hydrogens (primary N) is 1. The minimum atomic E-state index is 0.0764. The summed E-state index contributed by atoms with van der Waals surface area (Å²) in [6, 6.07) is 0.191. The van der Waals surface area contributed by atoms with Crippen LogP contribution >= 0.6 is 11.3 Å². The van der Waals surface area contributed by atoms with Gasteiger partial charge in [-0.1, -0.05) is 6.42 Å². The van der Waals surface area contributed by atoms with E-state index in [1.54, 1.807) is 11.3 Å². The summed E-state index contributed by atoms with van der Waals surface area (Å²) in [6.45, 7) is 0. The first-order valence-electron chi connectivity index (χ1n) is 6.77. The van der Waals surface area contributed by atoms with E-state index in [1.165, 1.54) is 17.0 Å². The zero-order valence-electron chi connectivity index (χ0n) is 10.4. The van der Waals surface area contributed by atoms with Crippen molar-refractivity contribution in [2.24, 2.45) is 11.7 Å². The van der Waals surface area contributed by atoms with E-state index in [-0.39, 0.29) is 17.9 Å². The van der Waals surface area contributed by atoms with Crippen molar-refractivity contribution in [3.63, 3.8) is 0 Å². The molecule has 2 aliphatic rings. The number of nitrogens with one attached hydrogen (secondary N) is 1. The molecule has 1 fully saturated rings. The van der Waals surface area contributed by atoms with Gasteiger partial charge in [-0.25, -0.2) is 4.98 Å². The molecule has 0 aliphatic heterocycles. The summed E-state index contributed by atoms with van der Waals surface area (Å²) in [7, 11) is 0. The van der Waals surface area contributed by atoms with Crippen LogP contribution in [0.1, 0.15) is 42.7 Å². The standard InChI is InChI=1S/C13H19N3OS/c14-9-4-1-3-8(7-9)12(17)16-13-15-10-5-2-6-11(10)18-13/h8-9H,1-7,14H2,(H,15,16,17). The van der Waals surface area contributed by atoms with Crippen LogP contribution in [0.3, 0.4) is 0 Å². The van der Waals surface area contributed by atoms with Gasteiger partial charge in [0.1, 0.15) is 0 Å². The molecule has 1 amide bonds. The Kier molecular flexibility index (Phi) is 3.35. The fourth-order valence-electron chi connectivity index (χ4n) is 2.92. The molecule has 1 aromatic rings. The van der Waals surface area contributed by atoms with E-state index < -0.39 is 0 Å². The number of anilines is 1. The third-order valence-corrected chi connectivity index (χ3v) is 4.98. The van der Waals surface area contributed by atoms with Gasteiger partial charge in [-0.3, -0.25) is 4.79 Å². The number of aryl methyl sites for hydroxylation is 2. The molecule has 1 saturated carbocycles. The Hall–Kier alpha value is -0.940. The van der Waals surface area contributed by atoms with Crippen molar-refractivity contribution < 1.29 is 4.79 Å². The fourth-order valence-corrected chi connectivity index (χ4v) is 3.97. The molecule has 0 saturated heterocycles. The molecule has 0 aromatic carbocycles. The second-order valence-corrected chi connectivity index (χ2v) is 6.44. The van der Waals surface area contributed by atoms with Crippen molar-refractivity contribution in [3.05, 3.63) is 10.6 Å². The molecule has 5 heteroatoms. The Bertz CT molecular complexity index is 436. The summed E-state index contributed by atoms with van der Waals surface area (Å²) in [5.41, 5.74) is 7.11. The molecule has 0 spiro atoms. The van der Waals surface area contributed by atoms with E-state index in [4.69, 9.17) is 5.73 Å². The Morgan fingerprint density at radius 3 is 3.00 bits per heavy atom. The maximum absolute atomic E-state index is 12.1. The first-order chi connectivity index (χ1) is 8.72. The topological polar surface area (TPSA) is 68.0 Å². The first-order valence-corrected chi connectivity index (χ1v) is 7.59. The van der Waals surface area contributed by atoms with E-state index in [1.807, 2.05) is 0 Å². The maximum atomic E-state index is 12.1. The van der Waals surface area contributed by atoms with Gasteiger partial charge in [-0.2, -0.15) is 0 Å². The van der Waals surface area contributed by atoms with Crippen LogP contribution in [0.4, 0.5) is 5.13 Å². The lowest BCUT2D eigenvalue weighted by molar-refractivity contribution is -0.120. The van der Waals surface area contributed by atoms with Crippen molar-refractivity contribution in [2.45, 2.75) is 51.0 Å². The lowest BCUT2D eigenvalue weighted by atomic mass is 9.86. The third kappa shape index (κ3) is 2.42. The number of fused-ring (bicyclic) bond motifs is 1. The van der Waals surface area contributed by atoms with Crippen LogP contribution in [0.5, 0.6) is 0 Å². The number of aromatic nitrogens is 1. The normalized spacial score (nSPS) is 26.9. The highest BCUT2D eigenvalue weighted by Gasteiger charge is 2.26. The van der Waals surface area contributed by atoms with E-state index in [9.17, 15) is 4.79 Å². The molecule has 3 N–H and O–H groups in total. The van der Waals surface area contributed by atoms with Crippen LogP contribution in [-0.4, -0.2) is 16.9 Å². The number of amides is 1. The summed E-state index contributed by atoms with van der Waals surface area (Å²) < 4.78 is 0. The maximum Gasteiger partial charge on any atom is 0.229 e. The van der Waals surface area contributed by atoms with Gasteiger partial charge in [-0.05, 0) is 38.5 Å².